The predicted molar refractivity (Wildman–Crippen MR) is 144 cm³/mol. The molecule has 0 aliphatic carbocycles. The highest BCUT2D eigenvalue weighted by atomic mass is 19.4. The largest absolute Gasteiger partial charge is 0.493 e. The highest BCUT2D eigenvalue weighted by Gasteiger charge is 2.31. The maximum Gasteiger partial charge on any atom is 0.422 e. The number of alkyl halides is 3. The number of carbonyl (C=O) groups is 1. The summed E-state index contributed by atoms with van der Waals surface area (Å²) in [6.07, 6.45) is -1.12. The number of likely N-dealkylation sites (tertiary alicyclic amines) is 1. The number of rotatable bonds is 9. The molecular formula is C28H27F4N5O5. The average molecular weight is 590 g/mol. The van der Waals surface area contributed by atoms with Crippen LogP contribution in [0, 0.1) is 5.82 Å². The fourth-order valence-electron chi connectivity index (χ4n) is 4.62. The van der Waals surface area contributed by atoms with E-state index in [1.165, 1.54) is 43.4 Å². The summed E-state index contributed by atoms with van der Waals surface area (Å²) in [5.74, 6) is -0.921. The molecule has 1 N–H and O–H groups in total. The predicted octanol–water partition coefficient (Wildman–Crippen LogP) is 5.45. The smallest absolute Gasteiger partial charge is 0.422 e. The molecule has 1 amide bonds. The molecule has 222 valence electrons. The van der Waals surface area contributed by atoms with Crippen molar-refractivity contribution in [3.63, 3.8) is 0 Å². The third kappa shape index (κ3) is 6.33. The second kappa shape index (κ2) is 11.7. The SMILES string of the molecule is COc1cc2nccc(Oc3ccc(NC(=O)c4nn(C5CCN(C)C5)cc4OCC(F)(F)F)cc3F)c2cc1OC. The molecule has 1 atom stereocenters. The molecule has 2 aromatic carbocycles. The molecule has 0 saturated carbocycles. The van der Waals surface area contributed by atoms with Crippen LogP contribution in [0.25, 0.3) is 10.9 Å². The lowest BCUT2D eigenvalue weighted by molar-refractivity contribution is -0.153. The lowest BCUT2D eigenvalue weighted by atomic mass is 10.2. The molecule has 14 heteroatoms. The number of methoxy groups -OCH3 is 2. The molecule has 1 aliphatic rings. The van der Waals surface area contributed by atoms with Crippen LogP contribution in [0.5, 0.6) is 28.7 Å². The summed E-state index contributed by atoms with van der Waals surface area (Å²) in [7, 11) is 4.89. The van der Waals surface area contributed by atoms with E-state index in [1.807, 2.05) is 11.9 Å². The van der Waals surface area contributed by atoms with E-state index in [9.17, 15) is 18.0 Å². The number of pyridine rings is 1. The maximum absolute atomic E-state index is 15.1. The minimum Gasteiger partial charge on any atom is -0.493 e. The fourth-order valence-corrected chi connectivity index (χ4v) is 4.62. The maximum atomic E-state index is 15.1. The summed E-state index contributed by atoms with van der Waals surface area (Å²) < 4.78 is 76.5. The number of benzene rings is 2. The summed E-state index contributed by atoms with van der Waals surface area (Å²) in [5, 5.41) is 7.24. The van der Waals surface area contributed by atoms with Crippen LogP contribution in [-0.4, -0.2) is 72.7 Å². The number of ether oxygens (including phenoxy) is 4. The normalized spacial score (nSPS) is 15.5. The van der Waals surface area contributed by atoms with Crippen molar-refractivity contribution in [3.8, 4) is 28.7 Å². The monoisotopic (exact) mass is 589 g/mol. The van der Waals surface area contributed by atoms with Crippen molar-refractivity contribution in [2.24, 2.45) is 0 Å². The van der Waals surface area contributed by atoms with Gasteiger partial charge < -0.3 is 29.2 Å². The number of hydrogen-bond donors (Lipinski definition) is 1. The summed E-state index contributed by atoms with van der Waals surface area (Å²) in [6.45, 7) is -0.205. The summed E-state index contributed by atoms with van der Waals surface area (Å²) >= 11 is 0. The lowest BCUT2D eigenvalue weighted by Crippen LogP contribution is -2.21. The van der Waals surface area contributed by atoms with Crippen molar-refractivity contribution in [2.45, 2.75) is 18.6 Å². The van der Waals surface area contributed by atoms with E-state index in [1.54, 1.807) is 18.2 Å². The Kier molecular flexibility index (Phi) is 8.07. The van der Waals surface area contributed by atoms with Gasteiger partial charge in [0, 0.05) is 35.9 Å². The molecule has 3 heterocycles. The molecule has 0 spiro atoms. The van der Waals surface area contributed by atoms with E-state index in [0.717, 1.165) is 12.6 Å². The second-order valence-corrected chi connectivity index (χ2v) is 9.67. The van der Waals surface area contributed by atoms with Crippen LogP contribution in [-0.2, 0) is 0 Å². The molecule has 5 rings (SSSR count). The van der Waals surface area contributed by atoms with Crippen molar-refractivity contribution in [1.82, 2.24) is 19.7 Å². The Bertz CT molecular complexity index is 1610. The van der Waals surface area contributed by atoms with E-state index in [0.29, 0.717) is 41.1 Å². The van der Waals surface area contributed by atoms with Crippen molar-refractivity contribution >= 4 is 22.5 Å². The molecule has 1 aliphatic heterocycles. The molecule has 1 fully saturated rings. The lowest BCUT2D eigenvalue weighted by Gasteiger charge is -2.13. The Balaban J connectivity index is 1.36. The van der Waals surface area contributed by atoms with Crippen LogP contribution in [0.1, 0.15) is 23.0 Å². The third-order valence-corrected chi connectivity index (χ3v) is 6.66. The fraction of sp³-hybridized carbons (Fsp3) is 0.321. The average Bonchev–Trinajstić information content (AvgIpc) is 3.58. The molecule has 0 radical (unpaired) electrons. The van der Waals surface area contributed by atoms with Gasteiger partial charge in [0.2, 0.25) is 0 Å². The molecular weight excluding hydrogens is 562 g/mol. The Morgan fingerprint density at radius 1 is 1.05 bits per heavy atom. The topological polar surface area (TPSA) is 100.0 Å². The van der Waals surface area contributed by atoms with Gasteiger partial charge in [0.15, 0.2) is 41.1 Å². The van der Waals surface area contributed by atoms with E-state index in [4.69, 9.17) is 18.9 Å². The second-order valence-electron chi connectivity index (χ2n) is 9.67. The number of halogens is 4. The Morgan fingerprint density at radius 3 is 2.48 bits per heavy atom. The van der Waals surface area contributed by atoms with Crippen LogP contribution in [0.4, 0.5) is 23.2 Å². The van der Waals surface area contributed by atoms with Gasteiger partial charge in [-0.05, 0) is 44.3 Å². The van der Waals surface area contributed by atoms with Crippen LogP contribution in [0.2, 0.25) is 0 Å². The first-order chi connectivity index (χ1) is 20.0. The number of nitrogens with zero attached hydrogens (tertiary/aromatic N) is 4. The zero-order valence-electron chi connectivity index (χ0n) is 22.9. The van der Waals surface area contributed by atoms with Gasteiger partial charge >= 0.3 is 6.18 Å². The Morgan fingerprint density at radius 2 is 1.81 bits per heavy atom. The van der Waals surface area contributed by atoms with Gasteiger partial charge in [0.1, 0.15) is 5.75 Å². The molecule has 10 nitrogen and oxygen atoms in total. The minimum atomic E-state index is -4.61. The molecule has 42 heavy (non-hydrogen) atoms. The first kappa shape index (κ1) is 28.9. The van der Waals surface area contributed by atoms with Gasteiger partial charge in [-0.2, -0.15) is 18.3 Å². The number of amides is 1. The summed E-state index contributed by atoms with van der Waals surface area (Å²) in [4.78, 5) is 19.4. The number of hydrogen-bond acceptors (Lipinski definition) is 8. The number of anilines is 1. The van der Waals surface area contributed by atoms with Crippen molar-refractivity contribution in [3.05, 3.63) is 60.3 Å². The van der Waals surface area contributed by atoms with Crippen LogP contribution < -0.4 is 24.3 Å². The van der Waals surface area contributed by atoms with Crippen molar-refractivity contribution < 1.29 is 41.3 Å². The number of aromatic nitrogens is 3. The van der Waals surface area contributed by atoms with Gasteiger partial charge in [0.25, 0.3) is 5.91 Å². The van der Waals surface area contributed by atoms with E-state index in [-0.39, 0.29) is 28.9 Å². The summed E-state index contributed by atoms with van der Waals surface area (Å²) in [6, 6.07) is 8.47. The molecule has 2 aromatic heterocycles. The Labute approximate surface area is 237 Å². The number of fused-ring (bicyclic) bond motifs is 1. The number of carbonyl (C=O) groups excluding carboxylic acids is 1. The van der Waals surface area contributed by atoms with Gasteiger partial charge in [-0.1, -0.05) is 0 Å². The van der Waals surface area contributed by atoms with Crippen LogP contribution in [0.3, 0.4) is 0 Å². The van der Waals surface area contributed by atoms with Crippen LogP contribution >= 0.6 is 0 Å². The summed E-state index contributed by atoms with van der Waals surface area (Å²) in [5.41, 5.74) is 0.219. The first-order valence-electron chi connectivity index (χ1n) is 12.8. The zero-order valence-corrected chi connectivity index (χ0v) is 22.9. The quantitative estimate of drug-likeness (QED) is 0.258. The van der Waals surface area contributed by atoms with E-state index < -0.39 is 24.5 Å². The number of likely N-dealkylation sites (N-methyl/N-ethyl adjacent to an activating group) is 1. The highest BCUT2D eigenvalue weighted by Crippen LogP contribution is 2.37. The zero-order chi connectivity index (χ0) is 30.0. The first-order valence-corrected chi connectivity index (χ1v) is 12.8. The van der Waals surface area contributed by atoms with Gasteiger partial charge in [-0.15, -0.1) is 0 Å². The number of nitrogens with one attached hydrogen (secondary N) is 1. The third-order valence-electron chi connectivity index (χ3n) is 6.66. The van der Waals surface area contributed by atoms with Gasteiger partial charge in [-0.3, -0.25) is 14.5 Å². The van der Waals surface area contributed by atoms with E-state index >= 15 is 4.39 Å². The van der Waals surface area contributed by atoms with Crippen LogP contribution in [0.15, 0.2) is 48.8 Å². The van der Waals surface area contributed by atoms with E-state index in [2.05, 4.69) is 15.4 Å². The molecule has 0 bridgehead atoms. The Hall–Kier alpha value is -4.59. The van der Waals surface area contributed by atoms with Gasteiger partial charge in [0.05, 0.1) is 32.0 Å². The van der Waals surface area contributed by atoms with Crippen molar-refractivity contribution in [2.75, 3.05) is 46.3 Å². The molecule has 1 unspecified atom stereocenters. The minimum absolute atomic E-state index is 0.0350. The molecule has 1 saturated heterocycles. The standard InChI is InChI=1S/C28H27F4N5O5/c1-36-9-7-17(13-36)37-14-25(41-15-28(30,31)32)26(35-37)27(38)34-16-4-5-22(19(29)10-16)42-21-6-8-33-20-12-24(40-3)23(39-2)11-18(20)21/h4-6,8,10-12,14,17H,7,9,13,15H2,1-3H3,(H,34,38). The molecule has 4 aromatic rings. The van der Waals surface area contributed by atoms with Crippen molar-refractivity contribution in [1.29, 1.82) is 0 Å². The highest BCUT2D eigenvalue weighted by molar-refractivity contribution is 6.04. The van der Waals surface area contributed by atoms with Gasteiger partial charge in [-0.25, -0.2) is 4.39 Å².